The van der Waals surface area contributed by atoms with Gasteiger partial charge in [0.1, 0.15) is 6.33 Å². The highest BCUT2D eigenvalue weighted by molar-refractivity contribution is 5.24. The number of aryl methyl sites for hydroxylation is 2. The Hall–Kier alpha value is -1.88. The molecule has 0 saturated heterocycles. The van der Waals surface area contributed by atoms with Gasteiger partial charge in [-0.25, -0.2) is 9.48 Å². The van der Waals surface area contributed by atoms with Crippen LogP contribution in [0.1, 0.15) is 24.1 Å². The van der Waals surface area contributed by atoms with Crippen molar-refractivity contribution in [3.63, 3.8) is 0 Å². The van der Waals surface area contributed by atoms with Crippen molar-refractivity contribution in [1.82, 2.24) is 14.3 Å². The van der Waals surface area contributed by atoms with E-state index in [0.717, 1.165) is 12.0 Å². The van der Waals surface area contributed by atoms with Gasteiger partial charge in [0.25, 0.3) is 0 Å². The van der Waals surface area contributed by atoms with Crippen molar-refractivity contribution >= 4 is 0 Å². The minimum absolute atomic E-state index is 0.143. The number of nitrogens with two attached hydrogens (primary N) is 1. The first-order chi connectivity index (χ1) is 8.61. The van der Waals surface area contributed by atoms with Gasteiger partial charge in [0, 0.05) is 13.1 Å². The summed E-state index contributed by atoms with van der Waals surface area (Å²) in [7, 11) is 1.67. The molecule has 2 N–H and O–H groups in total. The van der Waals surface area contributed by atoms with Crippen molar-refractivity contribution in [1.29, 1.82) is 0 Å². The highest BCUT2D eigenvalue weighted by Gasteiger charge is 2.10. The second-order valence-electron chi connectivity index (χ2n) is 4.41. The fraction of sp³-hybridized carbons (Fsp3) is 0.385. The summed E-state index contributed by atoms with van der Waals surface area (Å²) in [6, 6.07) is 7.94. The summed E-state index contributed by atoms with van der Waals surface area (Å²) >= 11 is 0. The summed E-state index contributed by atoms with van der Waals surface area (Å²) in [6.07, 6.45) is 2.50. The van der Waals surface area contributed by atoms with E-state index >= 15 is 0 Å². The lowest BCUT2D eigenvalue weighted by molar-refractivity contribution is 0.508. The second-order valence-corrected chi connectivity index (χ2v) is 4.41. The Kier molecular flexibility index (Phi) is 3.62. The summed E-state index contributed by atoms with van der Waals surface area (Å²) in [6.45, 7) is 2.51. The molecule has 0 fully saturated rings. The van der Waals surface area contributed by atoms with Crippen LogP contribution in [0.25, 0.3) is 0 Å². The van der Waals surface area contributed by atoms with Gasteiger partial charge in [-0.05, 0) is 17.5 Å². The fourth-order valence-corrected chi connectivity index (χ4v) is 1.84. The molecule has 0 radical (unpaired) electrons. The van der Waals surface area contributed by atoms with E-state index in [1.165, 1.54) is 21.1 Å². The van der Waals surface area contributed by atoms with Crippen molar-refractivity contribution < 1.29 is 0 Å². The third-order valence-electron chi connectivity index (χ3n) is 3.07. The molecular formula is C13H18N4O. The van der Waals surface area contributed by atoms with Gasteiger partial charge in [0.05, 0.1) is 6.54 Å². The second kappa shape index (κ2) is 5.18. The van der Waals surface area contributed by atoms with E-state index in [0.29, 0.717) is 6.54 Å². The number of aromatic nitrogens is 3. The molecule has 0 aliphatic rings. The molecule has 1 unspecified atom stereocenters. The number of nitrogens with zero attached hydrogens (tertiary/aromatic N) is 3. The van der Waals surface area contributed by atoms with Gasteiger partial charge in [-0.2, -0.15) is 5.10 Å². The molecule has 0 aliphatic heterocycles. The molecule has 18 heavy (non-hydrogen) atoms. The largest absolute Gasteiger partial charge is 0.345 e. The Balaban J connectivity index is 2.14. The molecule has 2 rings (SSSR count). The molecule has 1 heterocycles. The highest BCUT2D eigenvalue weighted by Crippen LogP contribution is 2.13. The van der Waals surface area contributed by atoms with Crippen LogP contribution in [0.15, 0.2) is 35.4 Å². The molecule has 5 nitrogen and oxygen atoms in total. The molecule has 0 amide bonds. The van der Waals surface area contributed by atoms with Crippen molar-refractivity contribution in [2.45, 2.75) is 25.9 Å². The van der Waals surface area contributed by atoms with Crippen LogP contribution < -0.4 is 11.4 Å². The van der Waals surface area contributed by atoms with Crippen LogP contribution >= 0.6 is 0 Å². The summed E-state index contributed by atoms with van der Waals surface area (Å²) in [4.78, 5) is 11.6. The average molecular weight is 246 g/mol. The van der Waals surface area contributed by atoms with E-state index in [1.807, 2.05) is 12.1 Å². The maximum atomic E-state index is 11.6. The smallest absolute Gasteiger partial charge is 0.322 e. The molecule has 96 valence electrons. The van der Waals surface area contributed by atoms with E-state index in [-0.39, 0.29) is 11.7 Å². The number of hydrogen-bond acceptors (Lipinski definition) is 3. The molecule has 1 aromatic heterocycles. The van der Waals surface area contributed by atoms with Crippen LogP contribution in [0.3, 0.4) is 0 Å². The molecule has 2 aromatic rings. The number of benzene rings is 1. The first-order valence-corrected chi connectivity index (χ1v) is 6.04. The van der Waals surface area contributed by atoms with Gasteiger partial charge in [-0.3, -0.25) is 4.57 Å². The zero-order chi connectivity index (χ0) is 13.1. The van der Waals surface area contributed by atoms with Crippen LogP contribution in [-0.2, 0) is 20.0 Å². The highest BCUT2D eigenvalue weighted by atomic mass is 16.2. The van der Waals surface area contributed by atoms with Crippen LogP contribution in [0, 0.1) is 0 Å². The number of hydrogen-bond donors (Lipinski definition) is 1. The third-order valence-corrected chi connectivity index (χ3v) is 3.07. The molecule has 0 aliphatic carbocycles. The van der Waals surface area contributed by atoms with Crippen LogP contribution in [0.2, 0.25) is 0 Å². The van der Waals surface area contributed by atoms with Gasteiger partial charge < -0.3 is 5.73 Å². The fourth-order valence-electron chi connectivity index (χ4n) is 1.84. The van der Waals surface area contributed by atoms with Gasteiger partial charge in [0.2, 0.25) is 0 Å². The zero-order valence-corrected chi connectivity index (χ0v) is 10.7. The van der Waals surface area contributed by atoms with E-state index in [4.69, 9.17) is 5.73 Å². The summed E-state index contributed by atoms with van der Waals surface area (Å²) < 4.78 is 2.82. The van der Waals surface area contributed by atoms with Gasteiger partial charge in [-0.1, -0.05) is 31.2 Å². The first kappa shape index (κ1) is 12.6. The Morgan fingerprint density at radius 3 is 2.50 bits per heavy atom. The SMILES string of the molecule is CCc1ccc(C(N)Cn2ncn(C)c2=O)cc1. The van der Waals surface area contributed by atoms with Crippen LogP contribution in [-0.4, -0.2) is 14.3 Å². The zero-order valence-electron chi connectivity index (χ0n) is 10.7. The standard InChI is InChI=1S/C13H18N4O/c1-3-10-4-6-11(7-5-10)12(14)8-17-13(18)16(2)9-15-17/h4-7,9,12H,3,8,14H2,1-2H3. The summed E-state index contributed by atoms with van der Waals surface area (Å²) in [5, 5.41) is 4.00. The molecule has 0 spiro atoms. The molecule has 0 bridgehead atoms. The minimum Gasteiger partial charge on any atom is -0.322 e. The van der Waals surface area contributed by atoms with Gasteiger partial charge in [-0.15, -0.1) is 0 Å². The van der Waals surface area contributed by atoms with E-state index in [9.17, 15) is 4.79 Å². The van der Waals surface area contributed by atoms with Gasteiger partial charge in [0.15, 0.2) is 0 Å². The number of rotatable bonds is 4. The van der Waals surface area contributed by atoms with E-state index in [1.54, 1.807) is 7.05 Å². The summed E-state index contributed by atoms with van der Waals surface area (Å²) in [5.74, 6) is 0. The predicted octanol–water partition coefficient (Wildman–Crippen LogP) is 0.844. The monoisotopic (exact) mass is 246 g/mol. The van der Waals surface area contributed by atoms with Crippen LogP contribution in [0.4, 0.5) is 0 Å². The quantitative estimate of drug-likeness (QED) is 0.869. The predicted molar refractivity (Wildman–Crippen MR) is 70.2 cm³/mol. The lowest BCUT2D eigenvalue weighted by atomic mass is 10.0. The normalized spacial score (nSPS) is 12.6. The first-order valence-electron chi connectivity index (χ1n) is 6.04. The molecule has 1 atom stereocenters. The van der Waals surface area contributed by atoms with Crippen molar-refractivity contribution in [3.05, 3.63) is 52.2 Å². The van der Waals surface area contributed by atoms with Crippen molar-refractivity contribution in [2.24, 2.45) is 12.8 Å². The Labute approximate surface area is 106 Å². The van der Waals surface area contributed by atoms with E-state index in [2.05, 4.69) is 24.2 Å². The Morgan fingerprint density at radius 2 is 2.00 bits per heavy atom. The Bertz CT molecular complexity index is 567. The molecular weight excluding hydrogens is 228 g/mol. The molecule has 1 aromatic carbocycles. The maximum Gasteiger partial charge on any atom is 0.345 e. The lowest BCUT2D eigenvalue weighted by Gasteiger charge is -2.11. The van der Waals surface area contributed by atoms with Crippen molar-refractivity contribution in [2.75, 3.05) is 0 Å². The average Bonchev–Trinajstić information content (AvgIpc) is 2.71. The van der Waals surface area contributed by atoms with E-state index < -0.39 is 0 Å². The molecule has 5 heteroatoms. The third kappa shape index (κ3) is 2.51. The summed E-state index contributed by atoms with van der Waals surface area (Å²) in [5.41, 5.74) is 8.24. The van der Waals surface area contributed by atoms with Crippen molar-refractivity contribution in [3.8, 4) is 0 Å². The topological polar surface area (TPSA) is 65.8 Å². The molecule has 0 saturated carbocycles. The minimum atomic E-state index is -0.219. The lowest BCUT2D eigenvalue weighted by Crippen LogP contribution is -2.28. The van der Waals surface area contributed by atoms with Crippen LogP contribution in [0.5, 0.6) is 0 Å². The Morgan fingerprint density at radius 1 is 1.33 bits per heavy atom. The van der Waals surface area contributed by atoms with Gasteiger partial charge >= 0.3 is 5.69 Å². The maximum absolute atomic E-state index is 11.6.